The van der Waals surface area contributed by atoms with Crippen molar-refractivity contribution in [3.05, 3.63) is 22.3 Å². The molecule has 0 bridgehead atoms. The van der Waals surface area contributed by atoms with Gasteiger partial charge in [-0.1, -0.05) is 12.5 Å². The Balaban J connectivity index is 1.40. The first-order chi connectivity index (χ1) is 12.2. The maximum atomic E-state index is 12.1. The smallest absolute Gasteiger partial charge is 0.221 e. The van der Waals surface area contributed by atoms with E-state index in [1.807, 2.05) is 22.1 Å². The molecule has 25 heavy (non-hydrogen) atoms. The largest absolute Gasteiger partial charge is 0.356 e. The highest BCUT2D eigenvalue weighted by Crippen LogP contribution is 2.22. The second-order valence-corrected chi connectivity index (χ2v) is 7.67. The minimum atomic E-state index is 0.0684. The van der Waals surface area contributed by atoms with Crippen molar-refractivity contribution in [3.8, 4) is 10.7 Å². The van der Waals surface area contributed by atoms with E-state index in [0.717, 1.165) is 30.2 Å². The Morgan fingerprint density at radius 1 is 1.32 bits per heavy atom. The number of carbonyl (C=O) groups is 1. The number of hydrogen-bond donors (Lipinski definition) is 2. The summed E-state index contributed by atoms with van der Waals surface area (Å²) in [5, 5.41) is 12.1. The second-order valence-electron chi connectivity index (χ2n) is 6.34. The van der Waals surface area contributed by atoms with E-state index in [9.17, 15) is 4.79 Å². The predicted octanol–water partition coefficient (Wildman–Crippen LogP) is 3.05. The Bertz CT molecular complexity index is 716. The van der Waals surface area contributed by atoms with Crippen LogP contribution in [-0.4, -0.2) is 51.8 Å². The molecule has 0 aliphatic carbocycles. The number of nitrogens with zero attached hydrogens (tertiary/aromatic N) is 3. The number of rotatable bonds is 8. The molecule has 8 heteroatoms. The van der Waals surface area contributed by atoms with Crippen molar-refractivity contribution in [2.45, 2.75) is 38.6 Å². The summed E-state index contributed by atoms with van der Waals surface area (Å²) in [7, 11) is 0. The summed E-state index contributed by atoms with van der Waals surface area (Å²) in [4.78, 5) is 15.6. The Hall–Kier alpha value is -1.51. The summed E-state index contributed by atoms with van der Waals surface area (Å²) in [6.07, 6.45) is 5.40. The molecular weight excluding hydrogens is 354 g/mol. The van der Waals surface area contributed by atoms with Crippen molar-refractivity contribution >= 4 is 29.5 Å². The van der Waals surface area contributed by atoms with Crippen LogP contribution in [0, 0.1) is 4.77 Å². The van der Waals surface area contributed by atoms with Crippen molar-refractivity contribution in [3.63, 3.8) is 0 Å². The van der Waals surface area contributed by atoms with Gasteiger partial charge in [0.15, 0.2) is 10.6 Å². The van der Waals surface area contributed by atoms with Gasteiger partial charge in [0.1, 0.15) is 0 Å². The van der Waals surface area contributed by atoms with E-state index in [-0.39, 0.29) is 5.91 Å². The van der Waals surface area contributed by atoms with E-state index in [1.54, 1.807) is 11.3 Å². The highest BCUT2D eigenvalue weighted by Gasteiger charge is 2.12. The molecule has 0 radical (unpaired) electrons. The zero-order valence-corrected chi connectivity index (χ0v) is 16.0. The Morgan fingerprint density at radius 3 is 2.92 bits per heavy atom. The first-order valence-electron chi connectivity index (χ1n) is 8.92. The van der Waals surface area contributed by atoms with Gasteiger partial charge in [0.25, 0.3) is 0 Å². The maximum Gasteiger partial charge on any atom is 0.221 e. The van der Waals surface area contributed by atoms with Crippen LogP contribution in [-0.2, 0) is 11.3 Å². The summed E-state index contributed by atoms with van der Waals surface area (Å²) in [6.45, 7) is 4.77. The molecule has 3 rings (SSSR count). The van der Waals surface area contributed by atoms with Crippen LogP contribution in [0.2, 0.25) is 0 Å². The fraction of sp³-hybridized carbons (Fsp3) is 0.588. The minimum absolute atomic E-state index is 0.0684. The van der Waals surface area contributed by atoms with Crippen molar-refractivity contribution < 1.29 is 4.79 Å². The number of carbonyl (C=O) groups excluding carboxylic acids is 1. The third-order valence-corrected chi connectivity index (χ3v) is 5.66. The molecule has 0 unspecified atom stereocenters. The molecule has 0 atom stereocenters. The van der Waals surface area contributed by atoms with Crippen LogP contribution in [0.4, 0.5) is 0 Å². The summed E-state index contributed by atoms with van der Waals surface area (Å²) < 4.78 is 2.45. The fourth-order valence-electron chi connectivity index (χ4n) is 3.13. The number of thiophene rings is 1. The standard InChI is InChI=1S/C17H25N5OS2/c23-15(18-8-5-11-21-9-2-1-3-10-21)7-12-22-16(19-20-17(22)24)14-6-4-13-25-14/h4,6,13H,1-3,5,7-12H2,(H,18,23)(H,20,24). The normalized spacial score (nSPS) is 15.4. The molecule has 6 nitrogen and oxygen atoms in total. The van der Waals surface area contributed by atoms with Crippen LogP contribution in [0.3, 0.4) is 0 Å². The third-order valence-electron chi connectivity index (χ3n) is 4.48. The van der Waals surface area contributed by atoms with Crippen molar-refractivity contribution in [2.24, 2.45) is 0 Å². The number of nitrogens with one attached hydrogen (secondary N) is 2. The van der Waals surface area contributed by atoms with E-state index in [0.29, 0.717) is 17.7 Å². The van der Waals surface area contributed by atoms with Crippen LogP contribution in [0.1, 0.15) is 32.1 Å². The van der Waals surface area contributed by atoms with E-state index in [1.165, 1.54) is 32.4 Å². The molecule has 2 aromatic rings. The van der Waals surface area contributed by atoms with Gasteiger partial charge in [0, 0.05) is 19.5 Å². The van der Waals surface area contributed by atoms with Gasteiger partial charge < -0.3 is 10.2 Å². The van der Waals surface area contributed by atoms with E-state index in [4.69, 9.17) is 12.2 Å². The molecule has 3 heterocycles. The average molecular weight is 380 g/mol. The van der Waals surface area contributed by atoms with Gasteiger partial charge in [-0.25, -0.2) is 0 Å². The van der Waals surface area contributed by atoms with Crippen molar-refractivity contribution in [1.82, 2.24) is 25.0 Å². The molecule has 0 saturated carbocycles. The number of amides is 1. The van der Waals surface area contributed by atoms with Gasteiger partial charge in [-0.2, -0.15) is 5.10 Å². The monoisotopic (exact) mass is 379 g/mol. The molecule has 2 N–H and O–H groups in total. The lowest BCUT2D eigenvalue weighted by Crippen LogP contribution is -2.33. The van der Waals surface area contributed by atoms with Gasteiger partial charge in [0.05, 0.1) is 4.88 Å². The van der Waals surface area contributed by atoms with Gasteiger partial charge in [-0.05, 0) is 62.6 Å². The summed E-state index contributed by atoms with van der Waals surface area (Å²) in [5.41, 5.74) is 0. The second kappa shape index (κ2) is 9.26. The topological polar surface area (TPSA) is 66.0 Å². The lowest BCUT2D eigenvalue weighted by molar-refractivity contribution is -0.121. The van der Waals surface area contributed by atoms with E-state index in [2.05, 4.69) is 20.4 Å². The number of piperidine rings is 1. The third kappa shape index (κ3) is 5.23. The summed E-state index contributed by atoms with van der Waals surface area (Å²) in [6, 6.07) is 3.99. The predicted molar refractivity (Wildman–Crippen MR) is 103 cm³/mol. The van der Waals surface area contributed by atoms with Crippen LogP contribution in [0.5, 0.6) is 0 Å². The number of hydrogen-bond acceptors (Lipinski definition) is 5. The maximum absolute atomic E-state index is 12.1. The molecule has 1 aliphatic heterocycles. The first kappa shape index (κ1) is 18.3. The lowest BCUT2D eigenvalue weighted by Gasteiger charge is -2.26. The fourth-order valence-corrected chi connectivity index (χ4v) is 4.08. The van der Waals surface area contributed by atoms with Crippen molar-refractivity contribution in [1.29, 1.82) is 0 Å². The molecule has 0 spiro atoms. The Labute approximate surface area is 157 Å². The van der Waals surface area contributed by atoms with E-state index < -0.39 is 0 Å². The zero-order valence-electron chi connectivity index (χ0n) is 14.4. The molecule has 1 aliphatic rings. The van der Waals surface area contributed by atoms with Crippen LogP contribution >= 0.6 is 23.6 Å². The van der Waals surface area contributed by atoms with Crippen LogP contribution < -0.4 is 5.32 Å². The number of aromatic nitrogens is 3. The molecular formula is C17H25N5OS2. The van der Waals surface area contributed by atoms with Crippen LogP contribution in [0.15, 0.2) is 17.5 Å². The highest BCUT2D eigenvalue weighted by atomic mass is 32.1. The van der Waals surface area contributed by atoms with Crippen molar-refractivity contribution in [2.75, 3.05) is 26.2 Å². The number of likely N-dealkylation sites (tertiary alicyclic amines) is 1. The quantitative estimate of drug-likeness (QED) is 0.546. The SMILES string of the molecule is O=C(CCn1c(-c2cccs2)n[nH]c1=S)NCCCN1CCCCC1. The Kier molecular flexibility index (Phi) is 6.77. The molecule has 0 aromatic carbocycles. The van der Waals surface area contributed by atoms with Gasteiger partial charge in [-0.15, -0.1) is 11.3 Å². The minimum Gasteiger partial charge on any atom is -0.356 e. The van der Waals surface area contributed by atoms with Crippen LogP contribution in [0.25, 0.3) is 10.7 Å². The van der Waals surface area contributed by atoms with Gasteiger partial charge in [0.2, 0.25) is 5.91 Å². The number of H-pyrrole nitrogens is 1. The number of aromatic amines is 1. The van der Waals surface area contributed by atoms with E-state index >= 15 is 0 Å². The van der Waals surface area contributed by atoms with Gasteiger partial charge in [-0.3, -0.25) is 14.5 Å². The molecule has 1 amide bonds. The zero-order chi connectivity index (χ0) is 17.5. The molecule has 1 fully saturated rings. The molecule has 1 saturated heterocycles. The Morgan fingerprint density at radius 2 is 2.16 bits per heavy atom. The average Bonchev–Trinajstić information content (AvgIpc) is 3.27. The summed E-state index contributed by atoms with van der Waals surface area (Å²) >= 11 is 6.90. The highest BCUT2D eigenvalue weighted by molar-refractivity contribution is 7.71. The first-order valence-corrected chi connectivity index (χ1v) is 10.2. The summed E-state index contributed by atoms with van der Waals surface area (Å²) in [5.74, 6) is 0.872. The molecule has 2 aromatic heterocycles. The molecule has 136 valence electrons. The van der Waals surface area contributed by atoms with Gasteiger partial charge >= 0.3 is 0 Å². The lowest BCUT2D eigenvalue weighted by atomic mass is 10.1.